The second-order valence-corrected chi connectivity index (χ2v) is 6.10. The maximum atomic E-state index is 3.66. The third-order valence-corrected chi connectivity index (χ3v) is 4.58. The molecule has 1 saturated carbocycles. The van der Waals surface area contributed by atoms with Crippen LogP contribution in [0.5, 0.6) is 0 Å². The predicted molar refractivity (Wildman–Crippen MR) is 72.7 cm³/mol. The topological polar surface area (TPSA) is 12.0 Å². The molecule has 0 radical (unpaired) electrons. The van der Waals surface area contributed by atoms with Crippen molar-refractivity contribution >= 4 is 0 Å². The fourth-order valence-corrected chi connectivity index (χ4v) is 3.11. The van der Waals surface area contributed by atoms with E-state index in [1.165, 1.54) is 51.5 Å². The van der Waals surface area contributed by atoms with Gasteiger partial charge in [-0.05, 0) is 30.6 Å². The quantitative estimate of drug-likeness (QED) is 0.678. The van der Waals surface area contributed by atoms with E-state index < -0.39 is 0 Å². The summed E-state index contributed by atoms with van der Waals surface area (Å²) in [6.07, 6.45) is 10.1. The van der Waals surface area contributed by atoms with Crippen LogP contribution < -0.4 is 5.32 Å². The van der Waals surface area contributed by atoms with E-state index in [2.05, 4.69) is 33.0 Å². The van der Waals surface area contributed by atoms with E-state index in [1.807, 2.05) is 0 Å². The van der Waals surface area contributed by atoms with Crippen LogP contribution in [0.1, 0.15) is 72.6 Å². The highest BCUT2D eigenvalue weighted by atomic mass is 14.9. The van der Waals surface area contributed by atoms with E-state index in [0.29, 0.717) is 11.5 Å². The van der Waals surface area contributed by atoms with Crippen LogP contribution in [0.2, 0.25) is 0 Å². The highest BCUT2D eigenvalue weighted by Gasteiger charge is 2.30. The average molecular weight is 225 g/mol. The van der Waals surface area contributed by atoms with Gasteiger partial charge in [0, 0.05) is 12.6 Å². The van der Waals surface area contributed by atoms with Crippen molar-refractivity contribution in [2.45, 2.75) is 78.7 Å². The van der Waals surface area contributed by atoms with Gasteiger partial charge in [0.25, 0.3) is 0 Å². The van der Waals surface area contributed by atoms with Crippen LogP contribution in [0.15, 0.2) is 0 Å². The molecule has 0 aromatic carbocycles. The van der Waals surface area contributed by atoms with Gasteiger partial charge in [0.15, 0.2) is 0 Å². The Morgan fingerprint density at radius 1 is 1.12 bits per heavy atom. The zero-order valence-corrected chi connectivity index (χ0v) is 11.8. The summed E-state index contributed by atoms with van der Waals surface area (Å²) >= 11 is 0. The lowest BCUT2D eigenvalue weighted by atomic mass is 9.74. The smallest absolute Gasteiger partial charge is 0.00106 e. The average Bonchev–Trinajstić information content (AvgIpc) is 2.77. The molecule has 1 fully saturated rings. The SMILES string of the molecule is CCC(CC)(CNC(C)C)CC1CCCC1. The van der Waals surface area contributed by atoms with Gasteiger partial charge in [-0.25, -0.2) is 0 Å². The van der Waals surface area contributed by atoms with E-state index in [0.717, 1.165) is 5.92 Å². The second kappa shape index (κ2) is 6.64. The van der Waals surface area contributed by atoms with Crippen molar-refractivity contribution < 1.29 is 0 Å². The minimum Gasteiger partial charge on any atom is -0.314 e. The molecule has 96 valence electrons. The van der Waals surface area contributed by atoms with E-state index in [4.69, 9.17) is 0 Å². The van der Waals surface area contributed by atoms with Crippen molar-refractivity contribution in [2.24, 2.45) is 11.3 Å². The molecule has 1 rings (SSSR count). The van der Waals surface area contributed by atoms with E-state index >= 15 is 0 Å². The van der Waals surface area contributed by atoms with Crippen molar-refractivity contribution in [1.29, 1.82) is 0 Å². The number of hydrogen-bond acceptors (Lipinski definition) is 1. The van der Waals surface area contributed by atoms with E-state index in [9.17, 15) is 0 Å². The maximum Gasteiger partial charge on any atom is 0.00106 e. The number of nitrogens with one attached hydrogen (secondary N) is 1. The van der Waals surface area contributed by atoms with Crippen LogP contribution >= 0.6 is 0 Å². The summed E-state index contributed by atoms with van der Waals surface area (Å²) in [5.41, 5.74) is 0.569. The van der Waals surface area contributed by atoms with Crippen molar-refractivity contribution in [3.63, 3.8) is 0 Å². The molecule has 0 aliphatic heterocycles. The standard InChI is InChI=1S/C15H31N/c1-5-15(6-2,12-16-13(3)4)11-14-9-7-8-10-14/h13-14,16H,5-12H2,1-4H3. The number of rotatable bonds is 7. The van der Waals surface area contributed by atoms with Crippen molar-refractivity contribution in [3.8, 4) is 0 Å². The van der Waals surface area contributed by atoms with Gasteiger partial charge >= 0.3 is 0 Å². The second-order valence-electron chi connectivity index (χ2n) is 6.10. The lowest BCUT2D eigenvalue weighted by molar-refractivity contribution is 0.183. The van der Waals surface area contributed by atoms with Gasteiger partial charge in [0.05, 0.1) is 0 Å². The summed E-state index contributed by atoms with van der Waals surface area (Å²) in [5.74, 6) is 1.02. The zero-order valence-electron chi connectivity index (χ0n) is 11.8. The molecule has 1 N–H and O–H groups in total. The van der Waals surface area contributed by atoms with Gasteiger partial charge in [-0.15, -0.1) is 0 Å². The molecule has 0 heterocycles. The first-order valence-corrected chi connectivity index (χ1v) is 7.35. The molecule has 0 spiro atoms. The molecule has 0 aromatic heterocycles. The molecule has 0 saturated heterocycles. The molecule has 0 unspecified atom stereocenters. The van der Waals surface area contributed by atoms with Gasteiger partial charge in [0.1, 0.15) is 0 Å². The Morgan fingerprint density at radius 2 is 1.69 bits per heavy atom. The molecule has 0 atom stereocenters. The Labute approximate surface area is 102 Å². The van der Waals surface area contributed by atoms with Crippen LogP contribution in [0.3, 0.4) is 0 Å². The van der Waals surface area contributed by atoms with Crippen LogP contribution in [0, 0.1) is 11.3 Å². The molecule has 1 aliphatic carbocycles. The molecule has 0 amide bonds. The van der Waals surface area contributed by atoms with Gasteiger partial charge in [-0.2, -0.15) is 0 Å². The van der Waals surface area contributed by atoms with Crippen LogP contribution in [0.25, 0.3) is 0 Å². The predicted octanol–water partition coefficient (Wildman–Crippen LogP) is 4.37. The van der Waals surface area contributed by atoms with Crippen molar-refractivity contribution in [2.75, 3.05) is 6.54 Å². The fraction of sp³-hybridized carbons (Fsp3) is 1.00. The van der Waals surface area contributed by atoms with Gasteiger partial charge in [-0.1, -0.05) is 53.4 Å². The number of hydrogen-bond donors (Lipinski definition) is 1. The Balaban J connectivity index is 2.48. The molecule has 1 aliphatic rings. The van der Waals surface area contributed by atoms with Crippen LogP contribution in [-0.4, -0.2) is 12.6 Å². The summed E-state index contributed by atoms with van der Waals surface area (Å²) in [6.45, 7) is 10.5. The van der Waals surface area contributed by atoms with Gasteiger partial charge in [-0.3, -0.25) is 0 Å². The Bertz CT molecular complexity index is 176. The summed E-state index contributed by atoms with van der Waals surface area (Å²) in [5, 5.41) is 3.66. The minimum atomic E-state index is 0.569. The third kappa shape index (κ3) is 4.08. The Kier molecular flexibility index (Phi) is 5.82. The summed E-state index contributed by atoms with van der Waals surface area (Å²) < 4.78 is 0. The van der Waals surface area contributed by atoms with Crippen molar-refractivity contribution in [3.05, 3.63) is 0 Å². The molecular weight excluding hydrogens is 194 g/mol. The highest BCUT2D eigenvalue weighted by Crippen LogP contribution is 2.39. The summed E-state index contributed by atoms with van der Waals surface area (Å²) in [4.78, 5) is 0. The van der Waals surface area contributed by atoms with Crippen molar-refractivity contribution in [1.82, 2.24) is 5.32 Å². The summed E-state index contributed by atoms with van der Waals surface area (Å²) in [6, 6.07) is 0.626. The molecular formula is C15H31N. The maximum absolute atomic E-state index is 3.66. The minimum absolute atomic E-state index is 0.569. The molecule has 16 heavy (non-hydrogen) atoms. The van der Waals surface area contributed by atoms with Crippen LogP contribution in [-0.2, 0) is 0 Å². The molecule has 1 heteroatoms. The first-order chi connectivity index (χ1) is 7.62. The van der Waals surface area contributed by atoms with E-state index in [-0.39, 0.29) is 0 Å². The normalized spacial score (nSPS) is 18.6. The first kappa shape index (κ1) is 14.0. The zero-order chi connectivity index (χ0) is 12.0. The van der Waals surface area contributed by atoms with Gasteiger partial charge in [0.2, 0.25) is 0 Å². The molecule has 1 nitrogen and oxygen atoms in total. The Hall–Kier alpha value is -0.0400. The molecule has 0 bridgehead atoms. The largest absolute Gasteiger partial charge is 0.314 e. The lowest BCUT2D eigenvalue weighted by Gasteiger charge is -2.35. The molecule has 0 aromatic rings. The third-order valence-electron chi connectivity index (χ3n) is 4.58. The highest BCUT2D eigenvalue weighted by molar-refractivity contribution is 4.84. The van der Waals surface area contributed by atoms with Crippen LogP contribution in [0.4, 0.5) is 0 Å². The fourth-order valence-electron chi connectivity index (χ4n) is 3.11. The summed E-state index contributed by atoms with van der Waals surface area (Å²) in [7, 11) is 0. The lowest BCUT2D eigenvalue weighted by Crippen LogP contribution is -2.38. The monoisotopic (exact) mass is 225 g/mol. The van der Waals surface area contributed by atoms with E-state index in [1.54, 1.807) is 0 Å². The Morgan fingerprint density at radius 3 is 2.12 bits per heavy atom. The van der Waals surface area contributed by atoms with Gasteiger partial charge < -0.3 is 5.32 Å². The first-order valence-electron chi connectivity index (χ1n) is 7.35.